The van der Waals surface area contributed by atoms with Gasteiger partial charge in [0.25, 0.3) is 0 Å². The molecule has 4 rings (SSSR count). The van der Waals surface area contributed by atoms with Crippen LogP contribution in [0.2, 0.25) is 0 Å². The molecule has 7 atom stereocenters. The second kappa shape index (κ2) is 7.91. The highest BCUT2D eigenvalue weighted by atomic mass is 16.5. The van der Waals surface area contributed by atoms with E-state index in [4.69, 9.17) is 4.74 Å². The van der Waals surface area contributed by atoms with Crippen LogP contribution in [0.1, 0.15) is 69.7 Å². The highest BCUT2D eigenvalue weighted by molar-refractivity contribution is 5.89. The fraction of sp³-hybridized carbons (Fsp3) is 0.667. The van der Waals surface area contributed by atoms with Gasteiger partial charge in [-0.2, -0.15) is 0 Å². The van der Waals surface area contributed by atoms with Gasteiger partial charge in [-0.3, -0.25) is 0 Å². The molecule has 0 unspecified atom stereocenters. The van der Waals surface area contributed by atoms with Gasteiger partial charge in [-0.05, 0) is 55.1 Å². The number of allylic oxidation sites excluding steroid dienone is 1. The fourth-order valence-corrected chi connectivity index (χ4v) is 7.51. The predicted octanol–water partition coefficient (Wildman–Crippen LogP) is 3.23. The maximum atomic E-state index is 12.9. The summed E-state index contributed by atoms with van der Waals surface area (Å²) >= 11 is 0. The van der Waals surface area contributed by atoms with E-state index in [0.717, 1.165) is 12.8 Å². The molecule has 0 saturated heterocycles. The summed E-state index contributed by atoms with van der Waals surface area (Å²) in [6.45, 7) is 9.74. The molecular formula is C27H38O6. The van der Waals surface area contributed by atoms with Crippen LogP contribution in [-0.2, 0) is 4.74 Å². The molecule has 182 valence electrons. The second-order valence-corrected chi connectivity index (χ2v) is 11.7. The Bertz CT molecular complexity index is 914. The fourth-order valence-electron chi connectivity index (χ4n) is 7.51. The van der Waals surface area contributed by atoms with Gasteiger partial charge in [0.15, 0.2) is 0 Å². The molecule has 3 aliphatic rings. The number of benzene rings is 1. The smallest absolute Gasteiger partial charge is 0.338 e. The summed E-state index contributed by atoms with van der Waals surface area (Å²) in [5.41, 5.74) is -5.33. The van der Waals surface area contributed by atoms with E-state index in [1.165, 1.54) is 0 Å². The molecule has 0 aliphatic heterocycles. The third kappa shape index (κ3) is 3.41. The summed E-state index contributed by atoms with van der Waals surface area (Å²) in [5, 5.41) is 47.0. The lowest BCUT2D eigenvalue weighted by molar-refractivity contribution is -0.364. The van der Waals surface area contributed by atoms with Crippen LogP contribution < -0.4 is 0 Å². The summed E-state index contributed by atoms with van der Waals surface area (Å²) in [7, 11) is 0. The van der Waals surface area contributed by atoms with Gasteiger partial charge in [-0.25, -0.2) is 4.79 Å². The molecule has 6 heteroatoms. The summed E-state index contributed by atoms with van der Waals surface area (Å²) in [4.78, 5) is 12.9. The van der Waals surface area contributed by atoms with E-state index in [1.807, 2.05) is 26.8 Å². The summed E-state index contributed by atoms with van der Waals surface area (Å²) in [6.07, 6.45) is 1.85. The molecule has 3 fully saturated rings. The molecule has 1 aromatic rings. The third-order valence-corrected chi connectivity index (χ3v) is 9.27. The maximum Gasteiger partial charge on any atom is 0.338 e. The highest BCUT2D eigenvalue weighted by Crippen LogP contribution is 2.68. The molecule has 0 spiro atoms. The van der Waals surface area contributed by atoms with Crippen LogP contribution in [0.25, 0.3) is 0 Å². The largest absolute Gasteiger partial charge is 0.461 e. The number of rotatable bonds is 4. The van der Waals surface area contributed by atoms with Gasteiger partial charge < -0.3 is 25.2 Å². The van der Waals surface area contributed by atoms with Crippen molar-refractivity contribution in [3.63, 3.8) is 0 Å². The first-order chi connectivity index (χ1) is 15.4. The van der Waals surface area contributed by atoms with Crippen molar-refractivity contribution in [1.82, 2.24) is 0 Å². The van der Waals surface area contributed by atoms with Gasteiger partial charge in [-0.15, -0.1) is 6.58 Å². The number of hydrogen-bond donors (Lipinski definition) is 4. The predicted molar refractivity (Wildman–Crippen MR) is 124 cm³/mol. The summed E-state index contributed by atoms with van der Waals surface area (Å²) < 4.78 is 5.82. The van der Waals surface area contributed by atoms with Gasteiger partial charge in [0.1, 0.15) is 23.9 Å². The van der Waals surface area contributed by atoms with Crippen molar-refractivity contribution >= 4 is 5.97 Å². The quantitative estimate of drug-likeness (QED) is 0.408. The maximum absolute atomic E-state index is 12.9. The average molecular weight is 459 g/mol. The molecule has 0 amide bonds. The van der Waals surface area contributed by atoms with Crippen molar-refractivity contribution in [2.75, 3.05) is 6.61 Å². The normalized spacial score (nSPS) is 44.3. The lowest BCUT2D eigenvalue weighted by Gasteiger charge is -2.71. The molecule has 3 saturated carbocycles. The summed E-state index contributed by atoms with van der Waals surface area (Å²) in [5.74, 6) is -1.07. The van der Waals surface area contributed by atoms with E-state index < -0.39 is 51.5 Å². The third-order valence-electron chi connectivity index (χ3n) is 9.27. The van der Waals surface area contributed by atoms with Gasteiger partial charge in [-0.1, -0.05) is 51.5 Å². The van der Waals surface area contributed by atoms with Crippen LogP contribution in [0.4, 0.5) is 0 Å². The minimum Gasteiger partial charge on any atom is -0.461 e. The molecule has 1 aromatic carbocycles. The lowest BCUT2D eigenvalue weighted by Crippen LogP contribution is -2.82. The number of esters is 1. The Balaban J connectivity index is 1.81. The Labute approximate surface area is 196 Å². The van der Waals surface area contributed by atoms with Crippen molar-refractivity contribution in [1.29, 1.82) is 0 Å². The van der Waals surface area contributed by atoms with Gasteiger partial charge in [0.05, 0.1) is 11.7 Å². The van der Waals surface area contributed by atoms with Gasteiger partial charge in [0, 0.05) is 11.3 Å². The Hall–Kier alpha value is -1.73. The Morgan fingerprint density at radius 1 is 1.09 bits per heavy atom. The molecule has 0 radical (unpaired) electrons. The van der Waals surface area contributed by atoms with Crippen molar-refractivity contribution < 1.29 is 30.0 Å². The monoisotopic (exact) mass is 458 g/mol. The van der Waals surface area contributed by atoms with E-state index in [-0.39, 0.29) is 19.4 Å². The van der Waals surface area contributed by atoms with Crippen molar-refractivity contribution in [2.45, 2.75) is 82.7 Å². The van der Waals surface area contributed by atoms with E-state index in [2.05, 4.69) is 6.58 Å². The molecule has 0 bridgehead atoms. The number of hydrogen-bond acceptors (Lipinski definition) is 6. The first kappa shape index (κ1) is 24.4. The van der Waals surface area contributed by atoms with Crippen LogP contribution in [0.3, 0.4) is 0 Å². The van der Waals surface area contributed by atoms with Crippen molar-refractivity contribution in [2.24, 2.45) is 22.2 Å². The highest BCUT2D eigenvalue weighted by Gasteiger charge is 2.77. The van der Waals surface area contributed by atoms with Crippen LogP contribution in [0.5, 0.6) is 0 Å². The molecule has 0 aromatic heterocycles. The zero-order valence-electron chi connectivity index (χ0n) is 20.0. The molecule has 0 heterocycles. The van der Waals surface area contributed by atoms with Crippen molar-refractivity contribution in [3.05, 3.63) is 48.6 Å². The number of fused-ring (bicyclic) bond motifs is 3. The SMILES string of the molecule is C=C[C@@]1(C)CC[C@]2(O)[C@@]3(COC(=O)c4ccccc4)CCCC(C)(C)[C@@H]3[C@H](O)[C@H](O)[C@@]2(O)C1. The minimum absolute atomic E-state index is 0.0692. The van der Waals surface area contributed by atoms with Gasteiger partial charge >= 0.3 is 5.97 Å². The zero-order chi connectivity index (χ0) is 24.3. The zero-order valence-corrected chi connectivity index (χ0v) is 20.0. The van der Waals surface area contributed by atoms with Crippen molar-refractivity contribution in [3.8, 4) is 0 Å². The van der Waals surface area contributed by atoms with E-state index in [9.17, 15) is 25.2 Å². The number of ether oxygens (including phenoxy) is 1. The molecule has 3 aliphatic carbocycles. The molecular weight excluding hydrogens is 420 g/mol. The molecule has 6 nitrogen and oxygen atoms in total. The second-order valence-electron chi connectivity index (χ2n) is 11.7. The van der Waals surface area contributed by atoms with Crippen LogP contribution in [0, 0.1) is 22.2 Å². The van der Waals surface area contributed by atoms with Gasteiger partial charge in [0.2, 0.25) is 0 Å². The lowest BCUT2D eigenvalue weighted by atomic mass is 9.38. The number of aliphatic hydroxyl groups excluding tert-OH is 2. The topological polar surface area (TPSA) is 107 Å². The average Bonchev–Trinajstić information content (AvgIpc) is 2.78. The first-order valence-electron chi connectivity index (χ1n) is 12.0. The molecule has 33 heavy (non-hydrogen) atoms. The van der Waals surface area contributed by atoms with E-state index >= 15 is 0 Å². The Morgan fingerprint density at radius 2 is 1.76 bits per heavy atom. The van der Waals surface area contributed by atoms with Crippen LogP contribution in [-0.4, -0.2) is 56.4 Å². The first-order valence-corrected chi connectivity index (χ1v) is 12.0. The van der Waals surface area contributed by atoms with E-state index in [1.54, 1.807) is 30.3 Å². The number of carbonyl (C=O) groups excluding carboxylic acids is 1. The van der Waals surface area contributed by atoms with Crippen LogP contribution in [0.15, 0.2) is 43.0 Å². The number of aliphatic hydroxyl groups is 4. The van der Waals surface area contributed by atoms with E-state index in [0.29, 0.717) is 18.4 Å². The number of carbonyl (C=O) groups is 1. The minimum atomic E-state index is -1.96. The Kier molecular flexibility index (Phi) is 5.85. The molecule has 4 N–H and O–H groups in total. The summed E-state index contributed by atoms with van der Waals surface area (Å²) in [6, 6.07) is 8.67. The Morgan fingerprint density at radius 3 is 2.39 bits per heavy atom. The standard InChI is InChI=1S/C27H38O6/c1-5-24(4)14-15-27(32)25(17-33-22(30)18-10-7-6-8-11-18)13-9-12-23(2,3)20(25)19(28)21(29)26(27,31)16-24/h5-8,10-11,19-21,28-29,31-32H,1,9,12-17H2,2-4H3/t19-,20-,21-,24-,25+,26-,27-/m0/s1. The van der Waals surface area contributed by atoms with Crippen LogP contribution >= 0.6 is 0 Å².